The van der Waals surface area contributed by atoms with Crippen LogP contribution in [0, 0.1) is 6.92 Å². The van der Waals surface area contributed by atoms with Crippen LogP contribution in [0.4, 0.5) is 0 Å². The van der Waals surface area contributed by atoms with Gasteiger partial charge in [0, 0.05) is 9.75 Å². The van der Waals surface area contributed by atoms with Crippen LogP contribution < -0.4 is 0 Å². The number of aliphatic hydroxyl groups is 1. The van der Waals surface area contributed by atoms with E-state index in [9.17, 15) is 9.90 Å². The van der Waals surface area contributed by atoms with E-state index in [1.165, 1.54) is 25.2 Å². The van der Waals surface area contributed by atoms with Crippen LogP contribution in [0.2, 0.25) is 0 Å². The summed E-state index contributed by atoms with van der Waals surface area (Å²) in [6.07, 6.45) is 0. The van der Waals surface area contributed by atoms with Crippen LogP contribution >= 0.6 is 11.3 Å². The van der Waals surface area contributed by atoms with Crippen molar-refractivity contribution in [1.29, 1.82) is 0 Å². The van der Waals surface area contributed by atoms with Crippen LogP contribution in [0.1, 0.15) is 23.6 Å². The number of aliphatic hydroxyl groups excluding tert-OH is 1. The molecule has 2 nitrogen and oxygen atoms in total. The molecule has 0 aliphatic rings. The summed E-state index contributed by atoms with van der Waals surface area (Å²) in [5, 5.41) is 9.31. The summed E-state index contributed by atoms with van der Waals surface area (Å²) in [4.78, 5) is 13.2. The van der Waals surface area contributed by atoms with E-state index in [0.717, 1.165) is 9.75 Å². The molecule has 1 aromatic heterocycles. The smallest absolute Gasteiger partial charge is 0.164 e. The molecular formula is C10H12O2S. The Labute approximate surface area is 81.5 Å². The first kappa shape index (κ1) is 9.99. The number of thiophene rings is 1. The molecule has 0 aliphatic carbocycles. The van der Waals surface area contributed by atoms with Crippen molar-refractivity contribution in [2.45, 2.75) is 20.8 Å². The lowest BCUT2D eigenvalue weighted by molar-refractivity contribution is -0.111. The minimum atomic E-state index is -0.0955. The van der Waals surface area contributed by atoms with Crippen LogP contribution in [0.15, 0.2) is 17.9 Å². The van der Waals surface area contributed by atoms with Gasteiger partial charge in [-0.05, 0) is 32.9 Å². The lowest BCUT2D eigenvalue weighted by Crippen LogP contribution is -1.96. The average molecular weight is 196 g/mol. The minimum absolute atomic E-state index is 0.0920. The Kier molecular flexibility index (Phi) is 2.88. The predicted molar refractivity (Wildman–Crippen MR) is 55.0 cm³/mol. The Morgan fingerprint density at radius 1 is 1.38 bits per heavy atom. The first-order valence-corrected chi connectivity index (χ1v) is 4.81. The molecule has 0 atom stereocenters. The van der Waals surface area contributed by atoms with Gasteiger partial charge in [-0.1, -0.05) is 0 Å². The molecule has 13 heavy (non-hydrogen) atoms. The molecule has 0 saturated carbocycles. The zero-order valence-corrected chi connectivity index (χ0v) is 8.73. The summed E-state index contributed by atoms with van der Waals surface area (Å²) in [6, 6.07) is 3.79. The van der Waals surface area contributed by atoms with Gasteiger partial charge in [0.05, 0.1) is 5.57 Å². The van der Waals surface area contributed by atoms with Crippen molar-refractivity contribution in [2.24, 2.45) is 0 Å². The van der Waals surface area contributed by atoms with Crippen LogP contribution in [-0.2, 0) is 4.79 Å². The zero-order valence-electron chi connectivity index (χ0n) is 7.92. The first-order valence-electron chi connectivity index (χ1n) is 4.00. The van der Waals surface area contributed by atoms with Gasteiger partial charge in [-0.2, -0.15) is 0 Å². The van der Waals surface area contributed by atoms with Gasteiger partial charge >= 0.3 is 0 Å². The number of aryl methyl sites for hydroxylation is 1. The van der Waals surface area contributed by atoms with Gasteiger partial charge in [-0.3, -0.25) is 4.79 Å². The molecule has 0 amide bonds. The molecule has 0 radical (unpaired) electrons. The Bertz CT molecular complexity index is 357. The van der Waals surface area contributed by atoms with E-state index < -0.39 is 0 Å². The molecular weight excluding hydrogens is 184 g/mol. The van der Waals surface area contributed by atoms with Crippen molar-refractivity contribution >= 4 is 22.7 Å². The molecule has 1 heterocycles. The van der Waals surface area contributed by atoms with E-state index in [1.807, 2.05) is 19.1 Å². The highest BCUT2D eigenvalue weighted by molar-refractivity contribution is 7.13. The molecule has 0 aromatic carbocycles. The van der Waals surface area contributed by atoms with Crippen molar-refractivity contribution in [2.75, 3.05) is 0 Å². The summed E-state index contributed by atoms with van der Waals surface area (Å²) in [6.45, 7) is 4.97. The minimum Gasteiger partial charge on any atom is -0.512 e. The third kappa shape index (κ3) is 2.18. The van der Waals surface area contributed by atoms with Gasteiger partial charge in [-0.15, -0.1) is 11.3 Å². The largest absolute Gasteiger partial charge is 0.512 e. The molecule has 3 heteroatoms. The van der Waals surface area contributed by atoms with E-state index in [1.54, 1.807) is 0 Å². The van der Waals surface area contributed by atoms with Crippen molar-refractivity contribution in [3.8, 4) is 0 Å². The molecule has 1 rings (SSSR count). The third-order valence-electron chi connectivity index (χ3n) is 1.70. The lowest BCUT2D eigenvalue weighted by Gasteiger charge is -2.00. The van der Waals surface area contributed by atoms with Crippen LogP contribution in [0.5, 0.6) is 0 Å². The number of carbonyl (C=O) groups is 1. The molecule has 0 spiro atoms. The zero-order chi connectivity index (χ0) is 10.0. The van der Waals surface area contributed by atoms with E-state index in [-0.39, 0.29) is 11.5 Å². The number of rotatable bonds is 2. The van der Waals surface area contributed by atoms with E-state index >= 15 is 0 Å². The predicted octanol–water partition coefficient (Wildman–Crippen LogP) is 2.93. The Balaban J connectivity index is 3.19. The Hall–Kier alpha value is -1.09. The fourth-order valence-electron chi connectivity index (χ4n) is 1.18. The van der Waals surface area contributed by atoms with E-state index in [2.05, 4.69) is 0 Å². The maximum Gasteiger partial charge on any atom is 0.164 e. The number of hydrogen-bond donors (Lipinski definition) is 1. The molecule has 0 aliphatic heterocycles. The van der Waals surface area contributed by atoms with Crippen LogP contribution in [0.3, 0.4) is 0 Å². The van der Waals surface area contributed by atoms with Crippen molar-refractivity contribution in [3.05, 3.63) is 27.6 Å². The van der Waals surface area contributed by atoms with Crippen molar-refractivity contribution < 1.29 is 9.90 Å². The van der Waals surface area contributed by atoms with Gasteiger partial charge in [0.15, 0.2) is 5.78 Å². The summed E-state index contributed by atoms with van der Waals surface area (Å²) < 4.78 is 0. The molecule has 1 N–H and O–H groups in total. The second-order valence-electron chi connectivity index (χ2n) is 2.93. The molecule has 0 saturated heterocycles. The van der Waals surface area contributed by atoms with Crippen molar-refractivity contribution in [1.82, 2.24) is 0 Å². The van der Waals surface area contributed by atoms with Crippen LogP contribution in [-0.4, -0.2) is 10.9 Å². The molecule has 0 bridgehead atoms. The maximum absolute atomic E-state index is 11.2. The molecule has 70 valence electrons. The lowest BCUT2D eigenvalue weighted by atomic mass is 10.1. The summed E-state index contributed by atoms with van der Waals surface area (Å²) in [5.41, 5.74) is 0.429. The fraction of sp³-hybridized carbons (Fsp3) is 0.300. The molecule has 0 fully saturated rings. The highest BCUT2D eigenvalue weighted by atomic mass is 32.1. The summed E-state index contributed by atoms with van der Waals surface area (Å²) in [5.74, 6) is -0.00352. The number of ketones is 1. The normalized spacial score (nSPS) is 12.5. The van der Waals surface area contributed by atoms with E-state index in [0.29, 0.717) is 5.57 Å². The number of Topliss-reactive ketones (excluding diaryl/α,β-unsaturated/α-hetero) is 1. The highest BCUT2D eigenvalue weighted by Crippen LogP contribution is 2.26. The number of carbonyl (C=O) groups excluding carboxylic acids is 1. The van der Waals surface area contributed by atoms with Gasteiger partial charge in [0.2, 0.25) is 0 Å². The number of hydrogen-bond acceptors (Lipinski definition) is 3. The van der Waals surface area contributed by atoms with Gasteiger partial charge in [-0.25, -0.2) is 0 Å². The Morgan fingerprint density at radius 2 is 2.00 bits per heavy atom. The van der Waals surface area contributed by atoms with E-state index in [4.69, 9.17) is 0 Å². The fourth-order valence-corrected chi connectivity index (χ4v) is 2.19. The highest BCUT2D eigenvalue weighted by Gasteiger charge is 2.12. The molecule has 0 unspecified atom stereocenters. The number of allylic oxidation sites excluding steroid dienone is 2. The molecule has 1 aromatic rings. The second-order valence-corrected chi connectivity index (χ2v) is 4.21. The van der Waals surface area contributed by atoms with Crippen LogP contribution in [0.25, 0.3) is 5.57 Å². The monoisotopic (exact) mass is 196 g/mol. The second kappa shape index (κ2) is 3.75. The third-order valence-corrected chi connectivity index (χ3v) is 2.72. The topological polar surface area (TPSA) is 37.3 Å². The average Bonchev–Trinajstić information content (AvgIpc) is 2.34. The quantitative estimate of drug-likeness (QED) is 0.583. The Morgan fingerprint density at radius 3 is 2.31 bits per heavy atom. The maximum atomic E-state index is 11.2. The van der Waals surface area contributed by atoms with Gasteiger partial charge in [0.25, 0.3) is 0 Å². The van der Waals surface area contributed by atoms with Gasteiger partial charge < -0.3 is 5.11 Å². The first-order chi connectivity index (χ1) is 6.02. The van der Waals surface area contributed by atoms with Crippen molar-refractivity contribution in [3.63, 3.8) is 0 Å². The summed E-state index contributed by atoms with van der Waals surface area (Å²) in [7, 11) is 0. The summed E-state index contributed by atoms with van der Waals surface area (Å²) >= 11 is 1.51. The SMILES string of the molecule is CC(=O)/C(=C(/C)O)c1ccc(C)s1. The van der Waals surface area contributed by atoms with Gasteiger partial charge in [0.1, 0.15) is 5.76 Å². The standard InChI is InChI=1S/C10H12O2S/c1-6-4-5-9(13-6)10(7(2)11)8(3)12/h4-5,11H,1-3H3/b10-7+.